The molecular formula is C13H20N4O2. The lowest BCUT2D eigenvalue weighted by Gasteiger charge is -2.29. The molecule has 104 valence electrons. The van der Waals surface area contributed by atoms with Gasteiger partial charge < -0.3 is 21.1 Å². The van der Waals surface area contributed by atoms with Crippen LogP contribution in [0, 0.1) is 5.92 Å². The lowest BCUT2D eigenvalue weighted by atomic mass is 9.98. The quantitative estimate of drug-likeness (QED) is 0.754. The van der Waals surface area contributed by atoms with Gasteiger partial charge in [0.2, 0.25) is 0 Å². The van der Waals surface area contributed by atoms with Gasteiger partial charge in [-0.05, 0) is 38.4 Å². The Balaban J connectivity index is 1.96. The first-order valence-corrected chi connectivity index (χ1v) is 6.47. The van der Waals surface area contributed by atoms with Crippen molar-refractivity contribution in [3.63, 3.8) is 0 Å². The molecule has 1 unspecified atom stereocenters. The smallest absolute Gasteiger partial charge is 0.337 e. The molecule has 1 saturated heterocycles. The molecular weight excluding hydrogens is 244 g/mol. The topological polar surface area (TPSA) is 91.5 Å². The number of pyridine rings is 1. The van der Waals surface area contributed by atoms with Gasteiger partial charge in [-0.1, -0.05) is 0 Å². The number of hydrogen-bond acceptors (Lipinski definition) is 5. The lowest BCUT2D eigenvalue weighted by Crippen LogP contribution is -2.35. The second kappa shape index (κ2) is 5.88. The largest absolute Gasteiger partial charge is 0.478 e. The van der Waals surface area contributed by atoms with Crippen molar-refractivity contribution >= 4 is 17.5 Å². The zero-order chi connectivity index (χ0) is 13.8. The number of nitrogen functional groups attached to an aromatic ring is 1. The van der Waals surface area contributed by atoms with E-state index in [2.05, 4.69) is 22.2 Å². The van der Waals surface area contributed by atoms with Crippen LogP contribution in [-0.4, -0.2) is 47.6 Å². The number of nitrogens with one attached hydrogen (secondary N) is 1. The average molecular weight is 264 g/mol. The van der Waals surface area contributed by atoms with Crippen LogP contribution >= 0.6 is 0 Å². The molecule has 6 nitrogen and oxygen atoms in total. The number of nitrogens with zero attached hydrogens (tertiary/aromatic N) is 2. The summed E-state index contributed by atoms with van der Waals surface area (Å²) in [7, 11) is 2.12. The summed E-state index contributed by atoms with van der Waals surface area (Å²) in [5, 5.41) is 12.2. The minimum Gasteiger partial charge on any atom is -0.478 e. The number of piperidine rings is 1. The molecule has 0 aromatic carbocycles. The zero-order valence-corrected chi connectivity index (χ0v) is 11.1. The Hall–Kier alpha value is -1.82. The van der Waals surface area contributed by atoms with Crippen molar-refractivity contribution in [2.24, 2.45) is 5.92 Å². The van der Waals surface area contributed by atoms with E-state index in [1.807, 2.05) is 0 Å². The second-order valence-corrected chi connectivity index (χ2v) is 5.11. The number of aromatic nitrogens is 1. The average Bonchev–Trinajstić information content (AvgIpc) is 2.37. The van der Waals surface area contributed by atoms with Crippen LogP contribution in [0.3, 0.4) is 0 Å². The molecule has 0 bridgehead atoms. The highest BCUT2D eigenvalue weighted by molar-refractivity contribution is 5.94. The van der Waals surface area contributed by atoms with Gasteiger partial charge in [0.25, 0.3) is 0 Å². The molecule has 6 heteroatoms. The molecule has 1 atom stereocenters. The summed E-state index contributed by atoms with van der Waals surface area (Å²) in [4.78, 5) is 17.4. The molecule has 1 aliphatic heterocycles. The summed E-state index contributed by atoms with van der Waals surface area (Å²) < 4.78 is 0. The minimum atomic E-state index is -1.03. The van der Waals surface area contributed by atoms with Crippen LogP contribution in [-0.2, 0) is 0 Å². The number of rotatable bonds is 4. The monoisotopic (exact) mass is 264 g/mol. The molecule has 2 rings (SSSR count). The standard InChI is InChI=1S/C13H20N4O2/c1-17-4-2-3-9(8-17)6-15-12-5-10(13(18)19)11(14)7-16-12/h5,7,9H,2-4,6,8,14H2,1H3,(H,15,16)(H,18,19). The van der Waals surface area contributed by atoms with Crippen molar-refractivity contribution in [2.45, 2.75) is 12.8 Å². The Labute approximate surface area is 112 Å². The number of anilines is 2. The molecule has 1 aromatic heterocycles. The van der Waals surface area contributed by atoms with Gasteiger partial charge in [-0.15, -0.1) is 0 Å². The van der Waals surface area contributed by atoms with Crippen molar-refractivity contribution in [1.29, 1.82) is 0 Å². The Morgan fingerprint density at radius 3 is 3.16 bits per heavy atom. The van der Waals surface area contributed by atoms with Crippen LogP contribution in [0.25, 0.3) is 0 Å². The van der Waals surface area contributed by atoms with Crippen LogP contribution in [0.2, 0.25) is 0 Å². The van der Waals surface area contributed by atoms with Gasteiger partial charge in [-0.25, -0.2) is 9.78 Å². The Morgan fingerprint density at radius 2 is 2.47 bits per heavy atom. The number of hydrogen-bond donors (Lipinski definition) is 3. The van der Waals surface area contributed by atoms with Gasteiger partial charge in [0.15, 0.2) is 0 Å². The maximum absolute atomic E-state index is 11.0. The van der Waals surface area contributed by atoms with Crippen LogP contribution in [0.15, 0.2) is 12.3 Å². The van der Waals surface area contributed by atoms with Crippen LogP contribution in [0.1, 0.15) is 23.2 Å². The summed E-state index contributed by atoms with van der Waals surface area (Å²) in [6, 6.07) is 1.49. The number of carboxylic acids is 1. The molecule has 19 heavy (non-hydrogen) atoms. The van der Waals surface area contributed by atoms with E-state index in [0.717, 1.165) is 19.6 Å². The van der Waals surface area contributed by atoms with Gasteiger partial charge in [0.05, 0.1) is 17.4 Å². The van der Waals surface area contributed by atoms with E-state index >= 15 is 0 Å². The molecule has 0 saturated carbocycles. The lowest BCUT2D eigenvalue weighted by molar-refractivity contribution is 0.0698. The Morgan fingerprint density at radius 1 is 1.68 bits per heavy atom. The third-order valence-corrected chi connectivity index (χ3v) is 3.46. The number of carbonyl (C=O) groups is 1. The van der Waals surface area contributed by atoms with E-state index in [1.54, 1.807) is 0 Å². The summed E-state index contributed by atoms with van der Waals surface area (Å²) in [6.45, 7) is 3.02. The van der Waals surface area contributed by atoms with Gasteiger partial charge in [-0.2, -0.15) is 0 Å². The molecule has 0 aliphatic carbocycles. The second-order valence-electron chi connectivity index (χ2n) is 5.11. The molecule has 0 spiro atoms. The highest BCUT2D eigenvalue weighted by Crippen LogP contribution is 2.18. The van der Waals surface area contributed by atoms with E-state index in [0.29, 0.717) is 11.7 Å². The van der Waals surface area contributed by atoms with Crippen molar-refractivity contribution in [1.82, 2.24) is 9.88 Å². The van der Waals surface area contributed by atoms with Crippen LogP contribution < -0.4 is 11.1 Å². The highest BCUT2D eigenvalue weighted by Gasteiger charge is 2.17. The Bertz CT molecular complexity index is 464. The first-order chi connectivity index (χ1) is 9.06. The molecule has 1 aromatic rings. The fraction of sp³-hybridized carbons (Fsp3) is 0.538. The molecule has 1 aliphatic rings. The summed E-state index contributed by atoms with van der Waals surface area (Å²) in [6.07, 6.45) is 3.79. The van der Waals surface area contributed by atoms with E-state index in [1.165, 1.54) is 25.1 Å². The molecule has 4 N–H and O–H groups in total. The predicted octanol–water partition coefficient (Wildman–Crippen LogP) is 1.12. The molecule has 2 heterocycles. The van der Waals surface area contributed by atoms with Crippen LogP contribution in [0.4, 0.5) is 11.5 Å². The number of carboxylic acid groups (broad SMARTS) is 1. The van der Waals surface area contributed by atoms with Gasteiger partial charge in [-0.3, -0.25) is 0 Å². The van der Waals surface area contributed by atoms with Gasteiger partial charge >= 0.3 is 5.97 Å². The van der Waals surface area contributed by atoms with E-state index < -0.39 is 5.97 Å². The maximum Gasteiger partial charge on any atom is 0.337 e. The third kappa shape index (κ3) is 3.57. The zero-order valence-electron chi connectivity index (χ0n) is 11.1. The third-order valence-electron chi connectivity index (χ3n) is 3.46. The normalized spacial score (nSPS) is 20.2. The van der Waals surface area contributed by atoms with Crippen molar-refractivity contribution < 1.29 is 9.90 Å². The van der Waals surface area contributed by atoms with E-state index in [4.69, 9.17) is 10.8 Å². The first kappa shape index (κ1) is 13.6. The van der Waals surface area contributed by atoms with E-state index in [9.17, 15) is 4.79 Å². The van der Waals surface area contributed by atoms with Gasteiger partial charge in [0, 0.05) is 13.1 Å². The van der Waals surface area contributed by atoms with Crippen LogP contribution in [0.5, 0.6) is 0 Å². The molecule has 0 amide bonds. The predicted molar refractivity (Wildman–Crippen MR) is 74.3 cm³/mol. The van der Waals surface area contributed by atoms with Gasteiger partial charge in [0.1, 0.15) is 5.82 Å². The number of aromatic carboxylic acids is 1. The van der Waals surface area contributed by atoms with Crippen molar-refractivity contribution in [3.05, 3.63) is 17.8 Å². The fourth-order valence-corrected chi connectivity index (χ4v) is 2.44. The Kier molecular flexibility index (Phi) is 4.21. The molecule has 0 radical (unpaired) electrons. The van der Waals surface area contributed by atoms with Crippen molar-refractivity contribution in [2.75, 3.05) is 37.7 Å². The van der Waals surface area contributed by atoms with E-state index in [-0.39, 0.29) is 11.3 Å². The minimum absolute atomic E-state index is 0.0956. The fourth-order valence-electron chi connectivity index (χ4n) is 2.44. The summed E-state index contributed by atoms with van der Waals surface area (Å²) >= 11 is 0. The molecule has 1 fully saturated rings. The summed E-state index contributed by atoms with van der Waals surface area (Å²) in [5.74, 6) is 0.117. The summed E-state index contributed by atoms with van der Waals surface area (Å²) in [5.41, 5.74) is 5.86. The number of likely N-dealkylation sites (tertiary alicyclic amines) is 1. The maximum atomic E-state index is 11.0. The first-order valence-electron chi connectivity index (χ1n) is 6.47. The van der Waals surface area contributed by atoms with Crippen molar-refractivity contribution in [3.8, 4) is 0 Å². The number of nitrogens with two attached hydrogens (primary N) is 1. The highest BCUT2D eigenvalue weighted by atomic mass is 16.4. The SMILES string of the molecule is CN1CCCC(CNc2cc(C(=O)O)c(N)cn2)C1.